The normalized spacial score (nSPS) is 13.3. The van der Waals surface area contributed by atoms with Crippen molar-refractivity contribution in [3.8, 4) is 0 Å². The molecule has 0 heterocycles. The highest BCUT2D eigenvalue weighted by atomic mass is 16.3. The SMILES string of the molecule is CC(O)CNCC=Cc1ccccc1. The van der Waals surface area contributed by atoms with Gasteiger partial charge in [-0.15, -0.1) is 0 Å². The Morgan fingerprint density at radius 2 is 2.07 bits per heavy atom. The maximum Gasteiger partial charge on any atom is 0.0636 e. The van der Waals surface area contributed by atoms with Crippen molar-refractivity contribution in [2.75, 3.05) is 13.1 Å². The number of hydrogen-bond donors (Lipinski definition) is 2. The molecule has 1 unspecified atom stereocenters. The van der Waals surface area contributed by atoms with Crippen molar-refractivity contribution in [2.45, 2.75) is 13.0 Å². The van der Waals surface area contributed by atoms with Crippen LogP contribution >= 0.6 is 0 Å². The van der Waals surface area contributed by atoms with E-state index in [0.29, 0.717) is 6.54 Å². The highest BCUT2D eigenvalue weighted by Gasteiger charge is 1.90. The minimum Gasteiger partial charge on any atom is -0.392 e. The van der Waals surface area contributed by atoms with Gasteiger partial charge in [0.05, 0.1) is 6.10 Å². The zero-order valence-corrected chi connectivity index (χ0v) is 8.48. The first-order chi connectivity index (χ1) is 6.79. The monoisotopic (exact) mass is 191 g/mol. The van der Waals surface area contributed by atoms with Crippen LogP contribution in [0.25, 0.3) is 6.08 Å². The van der Waals surface area contributed by atoms with Crippen LogP contribution in [0.4, 0.5) is 0 Å². The van der Waals surface area contributed by atoms with Gasteiger partial charge in [-0.3, -0.25) is 0 Å². The molecule has 1 atom stereocenters. The Balaban J connectivity index is 2.21. The molecule has 0 aliphatic heterocycles. The molecule has 0 saturated carbocycles. The van der Waals surface area contributed by atoms with Crippen molar-refractivity contribution >= 4 is 6.08 Å². The first-order valence-corrected chi connectivity index (χ1v) is 4.89. The maximum atomic E-state index is 8.98. The van der Waals surface area contributed by atoms with Crippen LogP contribution in [0.15, 0.2) is 36.4 Å². The van der Waals surface area contributed by atoms with Gasteiger partial charge in [0.25, 0.3) is 0 Å². The molecule has 0 fully saturated rings. The lowest BCUT2D eigenvalue weighted by molar-refractivity contribution is 0.193. The minimum absolute atomic E-state index is 0.278. The fourth-order valence-electron chi connectivity index (χ4n) is 1.13. The van der Waals surface area contributed by atoms with E-state index in [-0.39, 0.29) is 6.10 Å². The van der Waals surface area contributed by atoms with Crippen molar-refractivity contribution in [1.29, 1.82) is 0 Å². The van der Waals surface area contributed by atoms with Gasteiger partial charge in [-0.25, -0.2) is 0 Å². The zero-order valence-electron chi connectivity index (χ0n) is 8.48. The van der Waals surface area contributed by atoms with E-state index in [2.05, 4.69) is 29.6 Å². The van der Waals surface area contributed by atoms with Crippen molar-refractivity contribution in [2.24, 2.45) is 0 Å². The summed E-state index contributed by atoms with van der Waals surface area (Å²) in [5, 5.41) is 12.1. The summed E-state index contributed by atoms with van der Waals surface area (Å²) in [7, 11) is 0. The lowest BCUT2D eigenvalue weighted by Crippen LogP contribution is -2.24. The molecule has 1 aromatic rings. The third-order valence-corrected chi connectivity index (χ3v) is 1.81. The van der Waals surface area contributed by atoms with Gasteiger partial charge in [0.15, 0.2) is 0 Å². The number of rotatable bonds is 5. The Kier molecular flexibility index (Phi) is 4.97. The Hall–Kier alpha value is -1.12. The molecule has 0 aliphatic rings. The second-order valence-corrected chi connectivity index (χ2v) is 3.32. The number of hydrogen-bond acceptors (Lipinski definition) is 2. The lowest BCUT2D eigenvalue weighted by Gasteiger charge is -2.02. The van der Waals surface area contributed by atoms with Crippen LogP contribution in [-0.2, 0) is 0 Å². The van der Waals surface area contributed by atoms with Gasteiger partial charge in [0.2, 0.25) is 0 Å². The predicted octanol–water partition coefficient (Wildman–Crippen LogP) is 1.67. The molecule has 0 aromatic heterocycles. The molecule has 0 saturated heterocycles. The summed E-state index contributed by atoms with van der Waals surface area (Å²) in [4.78, 5) is 0. The minimum atomic E-state index is -0.278. The average molecular weight is 191 g/mol. The van der Waals surface area contributed by atoms with Crippen LogP contribution in [-0.4, -0.2) is 24.3 Å². The fraction of sp³-hybridized carbons (Fsp3) is 0.333. The van der Waals surface area contributed by atoms with Crippen LogP contribution in [0.5, 0.6) is 0 Å². The summed E-state index contributed by atoms with van der Waals surface area (Å²) in [6.07, 6.45) is 3.84. The quantitative estimate of drug-likeness (QED) is 0.694. The van der Waals surface area contributed by atoms with Gasteiger partial charge in [0.1, 0.15) is 0 Å². The summed E-state index contributed by atoms with van der Waals surface area (Å²) in [6, 6.07) is 10.2. The molecule has 2 heteroatoms. The molecule has 0 amide bonds. The van der Waals surface area contributed by atoms with Gasteiger partial charge in [0, 0.05) is 13.1 Å². The van der Waals surface area contributed by atoms with Crippen LogP contribution in [0.1, 0.15) is 12.5 Å². The van der Waals surface area contributed by atoms with E-state index in [0.717, 1.165) is 6.54 Å². The first-order valence-electron chi connectivity index (χ1n) is 4.89. The van der Waals surface area contributed by atoms with Crippen LogP contribution in [0.3, 0.4) is 0 Å². The molecule has 2 N–H and O–H groups in total. The topological polar surface area (TPSA) is 32.3 Å². The van der Waals surface area contributed by atoms with Crippen molar-refractivity contribution < 1.29 is 5.11 Å². The molecule has 1 aromatic carbocycles. The highest BCUT2D eigenvalue weighted by Crippen LogP contribution is 1.99. The Bertz CT molecular complexity index is 267. The third kappa shape index (κ3) is 4.80. The summed E-state index contributed by atoms with van der Waals surface area (Å²) in [5.74, 6) is 0. The standard InChI is InChI=1S/C12H17NO/c1-11(14)10-13-9-5-8-12-6-3-2-4-7-12/h2-8,11,13-14H,9-10H2,1H3. The highest BCUT2D eigenvalue weighted by molar-refractivity contribution is 5.48. The molecule has 2 nitrogen and oxygen atoms in total. The van der Waals surface area contributed by atoms with Crippen LogP contribution < -0.4 is 5.32 Å². The van der Waals surface area contributed by atoms with Crippen molar-refractivity contribution in [3.63, 3.8) is 0 Å². The summed E-state index contributed by atoms with van der Waals surface area (Å²) >= 11 is 0. The van der Waals surface area contributed by atoms with Crippen LogP contribution in [0, 0.1) is 0 Å². The molecular formula is C12H17NO. The number of nitrogens with one attached hydrogen (secondary N) is 1. The second kappa shape index (κ2) is 6.35. The summed E-state index contributed by atoms with van der Waals surface area (Å²) in [6.45, 7) is 3.20. The van der Waals surface area contributed by atoms with Gasteiger partial charge in [-0.2, -0.15) is 0 Å². The van der Waals surface area contributed by atoms with Gasteiger partial charge >= 0.3 is 0 Å². The van der Waals surface area contributed by atoms with Gasteiger partial charge in [-0.1, -0.05) is 42.5 Å². The van der Waals surface area contributed by atoms with E-state index >= 15 is 0 Å². The fourth-order valence-corrected chi connectivity index (χ4v) is 1.13. The van der Waals surface area contributed by atoms with Crippen LogP contribution in [0.2, 0.25) is 0 Å². The first kappa shape index (κ1) is 11.0. The van der Waals surface area contributed by atoms with E-state index in [4.69, 9.17) is 5.11 Å². The van der Waals surface area contributed by atoms with E-state index in [1.54, 1.807) is 6.92 Å². The average Bonchev–Trinajstić information content (AvgIpc) is 2.18. The van der Waals surface area contributed by atoms with Gasteiger partial charge in [-0.05, 0) is 12.5 Å². The zero-order chi connectivity index (χ0) is 10.2. The number of aliphatic hydroxyl groups excluding tert-OH is 1. The number of benzene rings is 1. The summed E-state index contributed by atoms with van der Waals surface area (Å²) in [5.41, 5.74) is 1.20. The number of aliphatic hydroxyl groups is 1. The van der Waals surface area contributed by atoms with Crippen molar-refractivity contribution in [1.82, 2.24) is 5.32 Å². The molecule has 14 heavy (non-hydrogen) atoms. The molecular weight excluding hydrogens is 174 g/mol. The smallest absolute Gasteiger partial charge is 0.0636 e. The molecule has 0 aliphatic carbocycles. The molecule has 0 radical (unpaired) electrons. The van der Waals surface area contributed by atoms with E-state index in [1.165, 1.54) is 5.56 Å². The Morgan fingerprint density at radius 1 is 1.36 bits per heavy atom. The van der Waals surface area contributed by atoms with E-state index in [1.807, 2.05) is 18.2 Å². The third-order valence-electron chi connectivity index (χ3n) is 1.81. The molecule has 0 bridgehead atoms. The Labute approximate surface area is 85.3 Å². The maximum absolute atomic E-state index is 8.98. The van der Waals surface area contributed by atoms with Crippen molar-refractivity contribution in [3.05, 3.63) is 42.0 Å². The second-order valence-electron chi connectivity index (χ2n) is 3.32. The van der Waals surface area contributed by atoms with E-state index in [9.17, 15) is 0 Å². The summed E-state index contributed by atoms with van der Waals surface area (Å²) < 4.78 is 0. The Morgan fingerprint density at radius 3 is 2.71 bits per heavy atom. The molecule has 0 spiro atoms. The lowest BCUT2D eigenvalue weighted by atomic mass is 10.2. The molecule has 1 rings (SSSR count). The van der Waals surface area contributed by atoms with Gasteiger partial charge < -0.3 is 10.4 Å². The van der Waals surface area contributed by atoms with E-state index < -0.39 is 0 Å². The largest absolute Gasteiger partial charge is 0.392 e. The molecule has 76 valence electrons. The predicted molar refractivity (Wildman–Crippen MR) is 60.0 cm³/mol.